The predicted octanol–water partition coefficient (Wildman–Crippen LogP) is 3.11. The number of aromatic nitrogens is 4. The summed E-state index contributed by atoms with van der Waals surface area (Å²) in [7, 11) is 0. The standard InChI is InChI=1S/C20H23N5O/c1-2-19-21-11-14-24(19)16-7-5-12-23(15-16)20(26)17-8-3-4-9-18(17)25-13-6-10-22-25/h3-4,6,8-11,13-14,16H,2,5,7,12,15H2,1H3/t16-/m0/s1. The number of hydrogen-bond donors (Lipinski definition) is 0. The van der Waals surface area contributed by atoms with E-state index in [9.17, 15) is 4.79 Å². The second kappa shape index (κ2) is 7.15. The minimum Gasteiger partial charge on any atom is -0.337 e. The first-order chi connectivity index (χ1) is 12.8. The predicted molar refractivity (Wildman–Crippen MR) is 99.3 cm³/mol. The molecule has 3 heterocycles. The number of likely N-dealkylation sites (tertiary alicyclic amines) is 1. The number of rotatable bonds is 4. The number of carbonyl (C=O) groups is 1. The van der Waals surface area contributed by atoms with Crippen LogP contribution in [-0.4, -0.2) is 43.2 Å². The van der Waals surface area contributed by atoms with Gasteiger partial charge in [0.2, 0.25) is 0 Å². The molecule has 1 atom stereocenters. The second-order valence-corrected chi connectivity index (χ2v) is 6.62. The van der Waals surface area contributed by atoms with Crippen molar-refractivity contribution in [3.05, 3.63) is 66.5 Å². The van der Waals surface area contributed by atoms with E-state index in [0.29, 0.717) is 11.6 Å². The quantitative estimate of drug-likeness (QED) is 0.727. The summed E-state index contributed by atoms with van der Waals surface area (Å²) in [6.07, 6.45) is 10.5. The van der Waals surface area contributed by atoms with Crippen molar-refractivity contribution >= 4 is 5.91 Å². The van der Waals surface area contributed by atoms with Gasteiger partial charge >= 0.3 is 0 Å². The lowest BCUT2D eigenvalue weighted by atomic mass is 10.0. The van der Waals surface area contributed by atoms with E-state index < -0.39 is 0 Å². The third-order valence-corrected chi connectivity index (χ3v) is 5.03. The van der Waals surface area contributed by atoms with Crippen LogP contribution in [0.5, 0.6) is 0 Å². The van der Waals surface area contributed by atoms with Gasteiger partial charge in [0, 0.05) is 44.3 Å². The summed E-state index contributed by atoms with van der Waals surface area (Å²) in [5.41, 5.74) is 1.51. The van der Waals surface area contributed by atoms with Crippen LogP contribution in [0.1, 0.15) is 42.0 Å². The summed E-state index contributed by atoms with van der Waals surface area (Å²) in [5, 5.41) is 4.29. The maximum absolute atomic E-state index is 13.2. The molecule has 0 saturated carbocycles. The van der Waals surface area contributed by atoms with E-state index in [0.717, 1.165) is 43.9 Å². The summed E-state index contributed by atoms with van der Waals surface area (Å²) >= 11 is 0. The van der Waals surface area contributed by atoms with Crippen LogP contribution in [0.2, 0.25) is 0 Å². The molecule has 6 heteroatoms. The highest BCUT2D eigenvalue weighted by molar-refractivity contribution is 5.97. The summed E-state index contributed by atoms with van der Waals surface area (Å²) in [6, 6.07) is 9.83. The molecular weight excluding hydrogens is 326 g/mol. The zero-order chi connectivity index (χ0) is 17.9. The van der Waals surface area contributed by atoms with E-state index in [2.05, 4.69) is 21.6 Å². The van der Waals surface area contributed by atoms with Gasteiger partial charge in [-0.1, -0.05) is 19.1 Å². The van der Waals surface area contributed by atoms with Gasteiger partial charge in [-0.25, -0.2) is 9.67 Å². The molecule has 0 unspecified atom stereocenters. The molecule has 3 aromatic rings. The molecule has 26 heavy (non-hydrogen) atoms. The molecule has 0 radical (unpaired) electrons. The Morgan fingerprint density at radius 1 is 1.19 bits per heavy atom. The number of benzene rings is 1. The van der Waals surface area contributed by atoms with Crippen molar-refractivity contribution in [1.29, 1.82) is 0 Å². The summed E-state index contributed by atoms with van der Waals surface area (Å²) < 4.78 is 3.98. The van der Waals surface area contributed by atoms with Gasteiger partial charge in [-0.2, -0.15) is 5.10 Å². The highest BCUT2D eigenvalue weighted by Gasteiger charge is 2.27. The minimum absolute atomic E-state index is 0.0685. The van der Waals surface area contributed by atoms with Crippen LogP contribution in [0.4, 0.5) is 0 Å². The molecule has 1 amide bonds. The molecule has 4 rings (SSSR count). The lowest BCUT2D eigenvalue weighted by Gasteiger charge is -2.34. The van der Waals surface area contributed by atoms with Crippen LogP contribution in [0.15, 0.2) is 55.1 Å². The normalized spacial score (nSPS) is 17.4. The van der Waals surface area contributed by atoms with Gasteiger partial charge in [0.05, 0.1) is 17.3 Å². The number of para-hydroxylation sites is 1. The fourth-order valence-electron chi connectivity index (χ4n) is 3.75. The van der Waals surface area contributed by atoms with Crippen molar-refractivity contribution in [1.82, 2.24) is 24.2 Å². The molecule has 6 nitrogen and oxygen atoms in total. The van der Waals surface area contributed by atoms with Gasteiger partial charge in [0.1, 0.15) is 5.82 Å². The monoisotopic (exact) mass is 349 g/mol. The fraction of sp³-hybridized carbons (Fsp3) is 0.350. The average Bonchev–Trinajstić information content (AvgIpc) is 3.39. The molecule has 1 saturated heterocycles. The molecule has 1 aliphatic heterocycles. The van der Waals surface area contributed by atoms with Crippen LogP contribution < -0.4 is 0 Å². The third kappa shape index (κ3) is 3.03. The van der Waals surface area contributed by atoms with E-state index in [1.54, 1.807) is 10.9 Å². The van der Waals surface area contributed by atoms with Crippen LogP contribution >= 0.6 is 0 Å². The maximum Gasteiger partial charge on any atom is 0.256 e. The Bertz CT molecular complexity index is 883. The zero-order valence-electron chi connectivity index (χ0n) is 15.0. The van der Waals surface area contributed by atoms with Gasteiger partial charge in [0.25, 0.3) is 5.91 Å². The first-order valence-electron chi connectivity index (χ1n) is 9.18. The Labute approximate surface area is 153 Å². The lowest BCUT2D eigenvalue weighted by Crippen LogP contribution is -2.41. The molecule has 0 spiro atoms. The van der Waals surface area contributed by atoms with Gasteiger partial charge in [-0.3, -0.25) is 4.79 Å². The van der Waals surface area contributed by atoms with Crippen LogP contribution in [0.25, 0.3) is 5.69 Å². The molecule has 0 N–H and O–H groups in total. The van der Waals surface area contributed by atoms with Crippen LogP contribution in [-0.2, 0) is 6.42 Å². The first kappa shape index (κ1) is 16.6. The number of imidazole rings is 1. The Kier molecular flexibility index (Phi) is 4.56. The second-order valence-electron chi connectivity index (χ2n) is 6.62. The molecule has 1 aromatic carbocycles. The van der Waals surface area contributed by atoms with Gasteiger partial charge in [0.15, 0.2) is 0 Å². The van der Waals surface area contributed by atoms with Crippen molar-refractivity contribution < 1.29 is 4.79 Å². The van der Waals surface area contributed by atoms with E-state index in [1.807, 2.05) is 53.8 Å². The first-order valence-corrected chi connectivity index (χ1v) is 9.18. The highest BCUT2D eigenvalue weighted by Crippen LogP contribution is 2.25. The van der Waals surface area contributed by atoms with Crippen LogP contribution in [0, 0.1) is 0 Å². The molecule has 2 aromatic heterocycles. The zero-order valence-corrected chi connectivity index (χ0v) is 15.0. The minimum atomic E-state index is 0.0685. The van der Waals surface area contributed by atoms with Crippen molar-refractivity contribution in [2.24, 2.45) is 0 Å². The van der Waals surface area contributed by atoms with Crippen LogP contribution in [0.3, 0.4) is 0 Å². The number of carbonyl (C=O) groups excluding carboxylic acids is 1. The van der Waals surface area contributed by atoms with E-state index in [1.165, 1.54) is 0 Å². The lowest BCUT2D eigenvalue weighted by molar-refractivity contribution is 0.0678. The number of piperidine rings is 1. The Morgan fingerprint density at radius 3 is 2.88 bits per heavy atom. The SMILES string of the molecule is CCc1nccn1[C@H]1CCCN(C(=O)c2ccccc2-n2cccn2)C1. The highest BCUT2D eigenvalue weighted by atomic mass is 16.2. The molecule has 0 bridgehead atoms. The number of aryl methyl sites for hydroxylation is 1. The molecule has 1 aliphatic rings. The van der Waals surface area contributed by atoms with Crippen molar-refractivity contribution in [3.8, 4) is 5.69 Å². The van der Waals surface area contributed by atoms with Crippen molar-refractivity contribution in [2.45, 2.75) is 32.2 Å². The van der Waals surface area contributed by atoms with E-state index >= 15 is 0 Å². The Hall–Kier alpha value is -2.89. The smallest absolute Gasteiger partial charge is 0.256 e. The summed E-state index contributed by atoms with van der Waals surface area (Å²) in [4.78, 5) is 19.6. The van der Waals surface area contributed by atoms with E-state index in [-0.39, 0.29) is 5.91 Å². The third-order valence-electron chi connectivity index (χ3n) is 5.03. The number of amides is 1. The van der Waals surface area contributed by atoms with Gasteiger partial charge < -0.3 is 9.47 Å². The number of hydrogen-bond acceptors (Lipinski definition) is 3. The maximum atomic E-state index is 13.2. The largest absolute Gasteiger partial charge is 0.337 e. The topological polar surface area (TPSA) is 56.0 Å². The molecule has 1 fully saturated rings. The summed E-state index contributed by atoms with van der Waals surface area (Å²) in [6.45, 7) is 3.62. The Morgan fingerprint density at radius 2 is 2.08 bits per heavy atom. The molecular formula is C20H23N5O. The van der Waals surface area contributed by atoms with Crippen molar-refractivity contribution in [2.75, 3.05) is 13.1 Å². The van der Waals surface area contributed by atoms with Gasteiger partial charge in [-0.05, 0) is 31.0 Å². The molecule has 134 valence electrons. The van der Waals surface area contributed by atoms with E-state index in [4.69, 9.17) is 0 Å². The average molecular weight is 349 g/mol. The Balaban J connectivity index is 1.59. The fourth-order valence-corrected chi connectivity index (χ4v) is 3.75. The number of nitrogens with zero attached hydrogens (tertiary/aromatic N) is 5. The van der Waals surface area contributed by atoms with Gasteiger partial charge in [-0.15, -0.1) is 0 Å². The van der Waals surface area contributed by atoms with Crippen molar-refractivity contribution in [3.63, 3.8) is 0 Å². The molecule has 0 aliphatic carbocycles. The summed E-state index contributed by atoms with van der Waals surface area (Å²) in [5.74, 6) is 1.15.